The highest BCUT2D eigenvalue weighted by Gasteiger charge is 2.43. The fourth-order valence-electron chi connectivity index (χ4n) is 2.23. The van der Waals surface area contributed by atoms with Gasteiger partial charge in [0, 0.05) is 24.9 Å². The minimum absolute atomic E-state index is 0.112. The van der Waals surface area contributed by atoms with E-state index < -0.39 is 0 Å². The van der Waals surface area contributed by atoms with Gasteiger partial charge in [0.05, 0.1) is 6.10 Å². The summed E-state index contributed by atoms with van der Waals surface area (Å²) in [6.07, 6.45) is 1.71. The summed E-state index contributed by atoms with van der Waals surface area (Å²) in [7, 11) is 2.00. The number of piperidine rings is 1. The van der Waals surface area contributed by atoms with E-state index in [1.165, 1.54) is 0 Å². The monoisotopic (exact) mass is 155 g/mol. The maximum Gasteiger partial charge on any atom is 0.136 e. The Bertz CT molecular complexity index is 193. The fraction of sp³-hybridized carbons (Fsp3) is 0.875. The van der Waals surface area contributed by atoms with Crippen LogP contribution in [0, 0.1) is 0 Å². The Morgan fingerprint density at radius 3 is 2.91 bits per heavy atom. The Balaban J connectivity index is 2.20. The number of ketones is 1. The van der Waals surface area contributed by atoms with Gasteiger partial charge in [-0.05, 0) is 13.5 Å². The quantitative estimate of drug-likeness (QED) is 0.526. The lowest BCUT2D eigenvalue weighted by Crippen LogP contribution is -2.42. The molecule has 3 nitrogen and oxygen atoms in total. The van der Waals surface area contributed by atoms with E-state index in [0.29, 0.717) is 24.7 Å². The first-order chi connectivity index (χ1) is 5.18. The molecule has 0 unspecified atom stereocenters. The van der Waals surface area contributed by atoms with E-state index >= 15 is 0 Å². The summed E-state index contributed by atoms with van der Waals surface area (Å²) < 4.78 is 0. The normalized spacial score (nSPS) is 44.9. The number of hydrogen-bond acceptors (Lipinski definition) is 3. The smallest absolute Gasteiger partial charge is 0.136 e. The molecule has 0 amide bonds. The van der Waals surface area contributed by atoms with Crippen molar-refractivity contribution in [3.63, 3.8) is 0 Å². The number of Topliss-reactive ketones (excluding diaryl/α,β-unsaturated/α-hetero) is 1. The molecule has 2 aliphatic rings. The van der Waals surface area contributed by atoms with Crippen molar-refractivity contribution in [1.29, 1.82) is 0 Å². The zero-order chi connectivity index (χ0) is 8.01. The Hall–Kier alpha value is -0.410. The molecule has 0 aliphatic carbocycles. The SMILES string of the molecule is CN1[C@@H]2CC(=O)C[C@H]1[C@H](O)C2. The third-order valence-corrected chi connectivity index (χ3v) is 2.96. The average molecular weight is 155 g/mol. The first-order valence-corrected chi connectivity index (χ1v) is 4.10. The first kappa shape index (κ1) is 7.25. The second kappa shape index (κ2) is 2.29. The van der Waals surface area contributed by atoms with Crippen molar-refractivity contribution < 1.29 is 9.90 Å². The van der Waals surface area contributed by atoms with Crippen LogP contribution in [-0.2, 0) is 4.79 Å². The zero-order valence-electron chi connectivity index (χ0n) is 6.66. The van der Waals surface area contributed by atoms with Crippen LogP contribution in [0.15, 0.2) is 0 Å². The molecule has 0 radical (unpaired) electrons. The molecule has 2 heterocycles. The first-order valence-electron chi connectivity index (χ1n) is 4.10. The van der Waals surface area contributed by atoms with Crippen molar-refractivity contribution in [1.82, 2.24) is 4.90 Å². The number of carbonyl (C=O) groups is 1. The molecule has 11 heavy (non-hydrogen) atoms. The summed E-state index contributed by atoms with van der Waals surface area (Å²) in [6.45, 7) is 0. The maximum atomic E-state index is 11.1. The highest BCUT2D eigenvalue weighted by atomic mass is 16.3. The highest BCUT2D eigenvalue weighted by molar-refractivity contribution is 5.81. The molecule has 0 aromatic heterocycles. The average Bonchev–Trinajstić information content (AvgIpc) is 2.17. The van der Waals surface area contributed by atoms with Crippen molar-refractivity contribution in [3.05, 3.63) is 0 Å². The minimum Gasteiger partial charge on any atom is -0.391 e. The summed E-state index contributed by atoms with van der Waals surface area (Å²) in [5.74, 6) is 0.314. The van der Waals surface area contributed by atoms with Crippen LogP contribution in [0.5, 0.6) is 0 Å². The van der Waals surface area contributed by atoms with Crippen molar-refractivity contribution >= 4 is 5.78 Å². The van der Waals surface area contributed by atoms with Crippen LogP contribution >= 0.6 is 0 Å². The molecule has 2 rings (SSSR count). The van der Waals surface area contributed by atoms with Gasteiger partial charge in [-0.15, -0.1) is 0 Å². The molecule has 0 aromatic rings. The Morgan fingerprint density at radius 1 is 1.55 bits per heavy atom. The van der Waals surface area contributed by atoms with Crippen LogP contribution in [0.4, 0.5) is 0 Å². The molecular formula is C8H13NO2. The van der Waals surface area contributed by atoms with Crippen LogP contribution in [-0.4, -0.2) is 41.0 Å². The fourth-order valence-corrected chi connectivity index (χ4v) is 2.23. The van der Waals surface area contributed by atoms with Gasteiger partial charge in [-0.2, -0.15) is 0 Å². The van der Waals surface area contributed by atoms with E-state index in [9.17, 15) is 9.90 Å². The Morgan fingerprint density at radius 2 is 2.27 bits per heavy atom. The molecule has 1 N–H and O–H groups in total. The van der Waals surface area contributed by atoms with Gasteiger partial charge in [0.15, 0.2) is 0 Å². The number of aliphatic hydroxyl groups excluding tert-OH is 1. The zero-order valence-corrected chi connectivity index (χ0v) is 6.66. The number of nitrogens with zero attached hydrogens (tertiary/aromatic N) is 1. The molecule has 0 aromatic carbocycles. The lowest BCUT2D eigenvalue weighted by atomic mass is 10.0. The van der Waals surface area contributed by atoms with Crippen LogP contribution in [0.1, 0.15) is 19.3 Å². The summed E-state index contributed by atoms with van der Waals surface area (Å²) in [6, 6.07) is 0.428. The summed E-state index contributed by atoms with van der Waals surface area (Å²) in [4.78, 5) is 13.2. The van der Waals surface area contributed by atoms with Gasteiger partial charge < -0.3 is 5.11 Å². The van der Waals surface area contributed by atoms with E-state index in [-0.39, 0.29) is 12.1 Å². The van der Waals surface area contributed by atoms with Crippen LogP contribution < -0.4 is 0 Å². The van der Waals surface area contributed by atoms with E-state index in [1.807, 2.05) is 7.05 Å². The molecule has 2 bridgehead atoms. The highest BCUT2D eigenvalue weighted by Crippen LogP contribution is 2.32. The van der Waals surface area contributed by atoms with E-state index in [2.05, 4.69) is 4.90 Å². The molecule has 62 valence electrons. The molecule has 2 fully saturated rings. The van der Waals surface area contributed by atoms with Gasteiger partial charge in [0.25, 0.3) is 0 Å². The second-order valence-electron chi connectivity index (χ2n) is 3.64. The van der Waals surface area contributed by atoms with Gasteiger partial charge >= 0.3 is 0 Å². The largest absolute Gasteiger partial charge is 0.391 e. The van der Waals surface area contributed by atoms with Gasteiger partial charge in [-0.25, -0.2) is 0 Å². The second-order valence-corrected chi connectivity index (χ2v) is 3.64. The van der Waals surface area contributed by atoms with Gasteiger partial charge in [0.2, 0.25) is 0 Å². The number of carbonyl (C=O) groups excluding carboxylic acids is 1. The number of fused-ring (bicyclic) bond motifs is 2. The number of aliphatic hydroxyl groups is 1. The van der Waals surface area contributed by atoms with E-state index in [1.54, 1.807) is 0 Å². The number of rotatable bonds is 0. The molecule has 2 aliphatic heterocycles. The predicted molar refractivity (Wildman–Crippen MR) is 40.2 cm³/mol. The van der Waals surface area contributed by atoms with Crippen LogP contribution in [0.2, 0.25) is 0 Å². The maximum absolute atomic E-state index is 11.1. The topological polar surface area (TPSA) is 40.5 Å². The van der Waals surface area contributed by atoms with Gasteiger partial charge in [0.1, 0.15) is 5.78 Å². The summed E-state index contributed by atoms with van der Waals surface area (Å²) in [5, 5.41) is 9.49. The predicted octanol–water partition coefficient (Wildman–Crippen LogP) is -0.217. The molecular weight excluding hydrogens is 142 g/mol. The van der Waals surface area contributed by atoms with Crippen molar-refractivity contribution in [2.45, 2.75) is 37.5 Å². The van der Waals surface area contributed by atoms with Gasteiger partial charge in [-0.3, -0.25) is 9.69 Å². The lowest BCUT2D eigenvalue weighted by molar-refractivity contribution is -0.123. The van der Waals surface area contributed by atoms with Crippen LogP contribution in [0.3, 0.4) is 0 Å². The molecule has 0 saturated carbocycles. The van der Waals surface area contributed by atoms with Crippen molar-refractivity contribution in [2.75, 3.05) is 7.05 Å². The lowest BCUT2D eigenvalue weighted by Gasteiger charge is -2.30. The summed E-state index contributed by atoms with van der Waals surface area (Å²) in [5.41, 5.74) is 0. The van der Waals surface area contributed by atoms with Crippen molar-refractivity contribution in [3.8, 4) is 0 Å². The number of likely N-dealkylation sites (N-methyl/N-ethyl adjacent to an activating group) is 1. The summed E-state index contributed by atoms with van der Waals surface area (Å²) >= 11 is 0. The number of hydrogen-bond donors (Lipinski definition) is 1. The minimum atomic E-state index is -0.267. The molecule has 2 saturated heterocycles. The van der Waals surface area contributed by atoms with E-state index in [0.717, 1.165) is 6.42 Å². The molecule has 3 atom stereocenters. The Labute approximate surface area is 66.0 Å². The third kappa shape index (κ3) is 0.993. The standard InChI is InChI=1S/C8H13NO2/c1-9-5-2-6(10)4-7(9)8(11)3-5/h5,7-8,11H,2-4H2,1H3/t5-,7+,8-/m1/s1. The molecule has 0 spiro atoms. The van der Waals surface area contributed by atoms with Crippen molar-refractivity contribution in [2.24, 2.45) is 0 Å². The van der Waals surface area contributed by atoms with Gasteiger partial charge in [-0.1, -0.05) is 0 Å². The third-order valence-electron chi connectivity index (χ3n) is 2.96. The molecule has 3 heteroatoms. The Kier molecular flexibility index (Phi) is 1.51. The van der Waals surface area contributed by atoms with Crippen LogP contribution in [0.25, 0.3) is 0 Å². The van der Waals surface area contributed by atoms with E-state index in [4.69, 9.17) is 0 Å².